The molecule has 127 valence electrons. The second kappa shape index (κ2) is 7.97. The summed E-state index contributed by atoms with van der Waals surface area (Å²) in [5.41, 5.74) is -1.44. The van der Waals surface area contributed by atoms with Crippen molar-refractivity contribution in [1.82, 2.24) is 9.62 Å². The Hall–Kier alpha value is -0.930. The van der Waals surface area contributed by atoms with Crippen LogP contribution in [-0.2, 0) is 19.6 Å². The smallest absolute Gasteiger partial charge is 0.326 e. The van der Waals surface area contributed by atoms with Crippen LogP contribution in [0.3, 0.4) is 0 Å². The van der Waals surface area contributed by atoms with E-state index in [1.54, 1.807) is 18.2 Å². The molecule has 1 aromatic carbocycles. The van der Waals surface area contributed by atoms with Crippen LogP contribution in [0.2, 0.25) is 0 Å². The van der Waals surface area contributed by atoms with Crippen LogP contribution in [0.5, 0.6) is 0 Å². The molecular weight excluding hydrogens is 343 g/mol. The van der Waals surface area contributed by atoms with Gasteiger partial charge in [0.1, 0.15) is 11.6 Å². The number of aliphatic carboxylic acids is 1. The number of amides is 1. The second-order valence-electron chi connectivity index (χ2n) is 6.04. The first-order valence-electron chi connectivity index (χ1n) is 7.28. The third-order valence-corrected chi connectivity index (χ3v) is 5.45. The van der Waals surface area contributed by atoms with E-state index in [0.29, 0.717) is 19.4 Å². The van der Waals surface area contributed by atoms with Gasteiger partial charge in [-0.05, 0) is 38.8 Å². The van der Waals surface area contributed by atoms with Gasteiger partial charge in [-0.25, -0.2) is 13.2 Å². The number of nitrogens with one attached hydrogen (secondary N) is 1. The monoisotopic (exact) mass is 363 g/mol. The van der Waals surface area contributed by atoms with E-state index in [2.05, 4.69) is 4.72 Å². The third kappa shape index (κ3) is 4.58. The van der Waals surface area contributed by atoms with Gasteiger partial charge in [-0.3, -0.25) is 4.79 Å². The molecule has 0 spiro atoms. The molecule has 1 atom stereocenters. The van der Waals surface area contributed by atoms with Crippen LogP contribution < -0.4 is 4.72 Å². The molecule has 0 saturated carbocycles. The average molecular weight is 363 g/mol. The number of benzene rings is 1. The van der Waals surface area contributed by atoms with Crippen LogP contribution in [0.4, 0.5) is 0 Å². The van der Waals surface area contributed by atoms with Crippen LogP contribution in [0.15, 0.2) is 35.2 Å². The van der Waals surface area contributed by atoms with Gasteiger partial charge in [0.05, 0.1) is 4.90 Å². The van der Waals surface area contributed by atoms with Crippen LogP contribution in [0.1, 0.15) is 26.7 Å². The second-order valence-corrected chi connectivity index (χ2v) is 7.72. The maximum Gasteiger partial charge on any atom is 0.326 e. The van der Waals surface area contributed by atoms with E-state index in [1.807, 2.05) is 0 Å². The predicted molar refractivity (Wildman–Crippen MR) is 89.0 cm³/mol. The Labute approximate surface area is 163 Å². The number of sulfonamides is 1. The van der Waals surface area contributed by atoms with Crippen molar-refractivity contribution in [1.29, 1.82) is 0 Å². The molecule has 1 aliphatic rings. The van der Waals surface area contributed by atoms with Crippen molar-refractivity contribution >= 4 is 51.5 Å². The molecule has 9 heteroatoms. The average Bonchev–Trinajstić information content (AvgIpc) is 2.95. The van der Waals surface area contributed by atoms with Gasteiger partial charge < -0.3 is 10.0 Å². The maximum atomic E-state index is 12.6. The fourth-order valence-corrected chi connectivity index (χ4v) is 4.06. The zero-order valence-corrected chi connectivity index (χ0v) is 16.8. The number of rotatable bonds is 5. The van der Waals surface area contributed by atoms with E-state index in [9.17, 15) is 23.1 Å². The van der Waals surface area contributed by atoms with E-state index < -0.39 is 33.5 Å². The molecule has 1 aliphatic heterocycles. The van der Waals surface area contributed by atoms with Crippen molar-refractivity contribution < 1.29 is 23.1 Å². The maximum absolute atomic E-state index is 12.6. The van der Waals surface area contributed by atoms with E-state index in [-0.39, 0.29) is 34.5 Å². The number of likely N-dealkylation sites (tertiary alicyclic amines) is 1. The SMILES string of the molecule is CC(C)(NS(=O)(=O)c1ccccc1)C(=O)N1CCC[C@H]1C(=O)O.[Na]. The summed E-state index contributed by atoms with van der Waals surface area (Å²) < 4.78 is 27.1. The van der Waals surface area contributed by atoms with E-state index in [4.69, 9.17) is 0 Å². The largest absolute Gasteiger partial charge is 0.480 e. The Morgan fingerprint density at radius 1 is 1.25 bits per heavy atom. The minimum Gasteiger partial charge on any atom is -0.480 e. The van der Waals surface area contributed by atoms with Crippen molar-refractivity contribution in [3.63, 3.8) is 0 Å². The van der Waals surface area contributed by atoms with Gasteiger partial charge in [0.25, 0.3) is 0 Å². The Bertz CT molecular complexity index is 706. The zero-order valence-electron chi connectivity index (χ0n) is 14.0. The number of carbonyl (C=O) groups excluding carboxylic acids is 1. The van der Waals surface area contributed by atoms with Gasteiger partial charge in [0.2, 0.25) is 15.9 Å². The van der Waals surface area contributed by atoms with Crippen LogP contribution in [0, 0.1) is 0 Å². The predicted octanol–water partition coefficient (Wildman–Crippen LogP) is 0.438. The summed E-state index contributed by atoms with van der Waals surface area (Å²) in [7, 11) is -3.88. The van der Waals surface area contributed by atoms with Gasteiger partial charge >= 0.3 is 5.97 Å². The first kappa shape index (κ1) is 21.1. The van der Waals surface area contributed by atoms with Crippen molar-refractivity contribution in [2.75, 3.05) is 6.54 Å². The minimum absolute atomic E-state index is 0. The standard InChI is InChI=1S/C15H20N2O5S.Na/c1-15(2,14(20)17-10-6-9-12(17)13(18)19)16-23(21,22)11-7-4-3-5-8-11;/h3-5,7-8,12,16H,6,9-10H2,1-2H3,(H,18,19);/t12-;/m0./s1. The van der Waals surface area contributed by atoms with Crippen LogP contribution >= 0.6 is 0 Å². The Morgan fingerprint density at radius 3 is 2.38 bits per heavy atom. The first-order valence-corrected chi connectivity index (χ1v) is 8.76. The van der Waals surface area contributed by atoms with E-state index in [1.165, 1.54) is 30.9 Å². The fourth-order valence-electron chi connectivity index (χ4n) is 2.66. The van der Waals surface area contributed by atoms with E-state index in [0.717, 1.165) is 0 Å². The first-order chi connectivity index (χ1) is 10.6. The molecule has 0 bridgehead atoms. The molecule has 0 unspecified atom stereocenters. The number of carboxylic acids is 1. The summed E-state index contributed by atoms with van der Waals surface area (Å²) in [5, 5.41) is 9.18. The van der Waals surface area contributed by atoms with Gasteiger partial charge in [-0.15, -0.1) is 0 Å². The summed E-state index contributed by atoms with van der Waals surface area (Å²) in [5.74, 6) is -1.61. The molecule has 1 radical (unpaired) electrons. The van der Waals surface area contributed by atoms with Crippen LogP contribution in [-0.4, -0.2) is 78.0 Å². The molecule has 1 heterocycles. The quantitative estimate of drug-likeness (QED) is 0.739. The summed E-state index contributed by atoms with van der Waals surface area (Å²) >= 11 is 0. The molecule has 7 nitrogen and oxygen atoms in total. The van der Waals surface area contributed by atoms with Crippen molar-refractivity contribution in [3.05, 3.63) is 30.3 Å². The number of nitrogens with zero attached hydrogens (tertiary/aromatic N) is 1. The van der Waals surface area contributed by atoms with Gasteiger partial charge in [-0.1, -0.05) is 18.2 Å². The van der Waals surface area contributed by atoms with Gasteiger partial charge in [0.15, 0.2) is 0 Å². The molecule has 1 amide bonds. The topological polar surface area (TPSA) is 104 Å². The summed E-state index contributed by atoms with van der Waals surface area (Å²) in [6.45, 7) is 3.19. The summed E-state index contributed by atoms with van der Waals surface area (Å²) in [6.07, 6.45) is 0.965. The Balaban J connectivity index is 0.00000288. The normalized spacial score (nSPS) is 18.1. The number of carboxylic acid groups (broad SMARTS) is 1. The van der Waals surface area contributed by atoms with Crippen molar-refractivity contribution in [2.45, 2.75) is 43.2 Å². The molecule has 2 N–H and O–H groups in total. The minimum atomic E-state index is -3.88. The Kier molecular flexibility index (Phi) is 7.01. The molecular formula is C15H20N2NaO5S. The molecule has 1 saturated heterocycles. The molecule has 1 aromatic rings. The third-order valence-electron chi connectivity index (χ3n) is 3.78. The summed E-state index contributed by atoms with van der Waals surface area (Å²) in [4.78, 5) is 25.1. The van der Waals surface area contributed by atoms with Crippen molar-refractivity contribution in [2.24, 2.45) is 0 Å². The van der Waals surface area contributed by atoms with E-state index >= 15 is 0 Å². The Morgan fingerprint density at radius 2 is 1.83 bits per heavy atom. The molecule has 24 heavy (non-hydrogen) atoms. The number of carbonyl (C=O) groups is 2. The molecule has 1 fully saturated rings. The fraction of sp³-hybridized carbons (Fsp3) is 0.467. The number of hydrogen-bond acceptors (Lipinski definition) is 4. The van der Waals surface area contributed by atoms with Gasteiger partial charge in [0, 0.05) is 36.1 Å². The molecule has 2 rings (SSSR count). The molecule has 0 aliphatic carbocycles. The number of hydrogen-bond donors (Lipinski definition) is 2. The zero-order chi connectivity index (χ0) is 17.3. The van der Waals surface area contributed by atoms with Crippen LogP contribution in [0.25, 0.3) is 0 Å². The molecule has 0 aromatic heterocycles. The van der Waals surface area contributed by atoms with Gasteiger partial charge in [-0.2, -0.15) is 4.72 Å². The summed E-state index contributed by atoms with van der Waals surface area (Å²) in [6, 6.07) is 6.83. The van der Waals surface area contributed by atoms with Crippen molar-refractivity contribution in [3.8, 4) is 0 Å².